The third-order valence-corrected chi connectivity index (χ3v) is 8.54. The van der Waals surface area contributed by atoms with Crippen LogP contribution < -0.4 is 30.0 Å². The Balaban J connectivity index is 1.64. The summed E-state index contributed by atoms with van der Waals surface area (Å²) in [5, 5.41) is 13.8. The van der Waals surface area contributed by atoms with Gasteiger partial charge in [-0.2, -0.15) is 0 Å². The van der Waals surface area contributed by atoms with E-state index in [0.29, 0.717) is 59.1 Å². The number of carbonyl (C=O) groups is 3. The molecule has 3 atom stereocenters. The van der Waals surface area contributed by atoms with Crippen LogP contribution in [-0.2, 0) is 27.2 Å². The van der Waals surface area contributed by atoms with Crippen LogP contribution in [0.2, 0.25) is 0 Å². The molecule has 0 spiro atoms. The average molecular weight is 659 g/mol. The van der Waals surface area contributed by atoms with Crippen molar-refractivity contribution in [2.24, 2.45) is 17.6 Å². The Bertz CT molecular complexity index is 1650. The Labute approximate surface area is 282 Å². The van der Waals surface area contributed by atoms with Crippen molar-refractivity contribution >= 4 is 28.7 Å². The maximum Gasteiger partial charge on any atom is 0.228 e. The van der Waals surface area contributed by atoms with Gasteiger partial charge in [-0.1, -0.05) is 50.2 Å². The van der Waals surface area contributed by atoms with Gasteiger partial charge in [0.15, 0.2) is 23.1 Å². The van der Waals surface area contributed by atoms with E-state index in [-0.39, 0.29) is 24.5 Å². The topological polar surface area (TPSA) is 146 Å². The van der Waals surface area contributed by atoms with Crippen molar-refractivity contribution in [3.05, 3.63) is 82.9 Å². The molecule has 0 radical (unpaired) electrons. The highest BCUT2D eigenvalue weighted by Crippen LogP contribution is 2.47. The molecule has 3 aromatic carbocycles. The van der Waals surface area contributed by atoms with E-state index in [1.54, 1.807) is 25.3 Å². The van der Waals surface area contributed by atoms with Crippen molar-refractivity contribution in [2.45, 2.75) is 58.1 Å². The fourth-order valence-electron chi connectivity index (χ4n) is 6.16. The molecule has 10 nitrogen and oxygen atoms in total. The van der Waals surface area contributed by atoms with Crippen LogP contribution in [0.1, 0.15) is 55.4 Å². The fourth-order valence-corrected chi connectivity index (χ4v) is 6.16. The number of ether oxygens (including phenoxy) is 4. The van der Waals surface area contributed by atoms with E-state index in [2.05, 4.69) is 5.32 Å². The molecular formula is C38H46N2O8. The number of fused-ring (bicyclic) bond motifs is 1. The monoisotopic (exact) mass is 658 g/mol. The molecule has 3 aromatic rings. The van der Waals surface area contributed by atoms with Gasteiger partial charge in [-0.05, 0) is 71.7 Å². The average Bonchev–Trinajstić information content (AvgIpc) is 3.24. The second kappa shape index (κ2) is 16.4. The molecule has 1 amide bonds. The quantitative estimate of drug-likeness (QED) is 0.202. The van der Waals surface area contributed by atoms with Crippen molar-refractivity contribution in [3.8, 4) is 23.0 Å². The van der Waals surface area contributed by atoms with E-state index < -0.39 is 29.8 Å². The molecule has 0 aromatic heterocycles. The first kappa shape index (κ1) is 36.2. The second-order valence-corrected chi connectivity index (χ2v) is 12.4. The lowest BCUT2D eigenvalue weighted by Gasteiger charge is -2.23. The summed E-state index contributed by atoms with van der Waals surface area (Å²) >= 11 is 0. The third-order valence-electron chi connectivity index (χ3n) is 8.54. The molecule has 1 aliphatic rings. The van der Waals surface area contributed by atoms with Gasteiger partial charge in [0.25, 0.3) is 0 Å². The number of nitrogens with two attached hydrogens (primary N) is 1. The van der Waals surface area contributed by atoms with Gasteiger partial charge in [-0.25, -0.2) is 0 Å². The lowest BCUT2D eigenvalue weighted by atomic mass is 9.88. The Morgan fingerprint density at radius 3 is 2.21 bits per heavy atom. The van der Waals surface area contributed by atoms with Crippen molar-refractivity contribution in [3.63, 3.8) is 0 Å². The summed E-state index contributed by atoms with van der Waals surface area (Å²) in [5.74, 6) is 0.185. The number of methoxy groups -OCH3 is 4. The van der Waals surface area contributed by atoms with Crippen LogP contribution in [0, 0.1) is 11.8 Å². The molecule has 1 aliphatic carbocycles. The van der Waals surface area contributed by atoms with Crippen LogP contribution in [0.25, 0.3) is 5.57 Å². The minimum Gasteiger partial charge on any atom is -0.495 e. The number of aliphatic hydroxyl groups excluding tert-OH is 1. The number of benzene rings is 3. The number of anilines is 1. The number of allylic oxidation sites excluding steroid dienone is 1. The van der Waals surface area contributed by atoms with Gasteiger partial charge in [0.05, 0.1) is 34.1 Å². The van der Waals surface area contributed by atoms with E-state index in [1.165, 1.54) is 21.3 Å². The van der Waals surface area contributed by atoms with Gasteiger partial charge in [0.2, 0.25) is 11.7 Å². The Morgan fingerprint density at radius 2 is 1.58 bits per heavy atom. The van der Waals surface area contributed by atoms with Gasteiger partial charge < -0.3 is 35.1 Å². The molecule has 48 heavy (non-hydrogen) atoms. The summed E-state index contributed by atoms with van der Waals surface area (Å²) in [6.07, 6.45) is 1.43. The molecule has 0 bridgehead atoms. The predicted octanol–water partition coefficient (Wildman–Crippen LogP) is 5.16. The third kappa shape index (κ3) is 8.42. The number of rotatable bonds is 15. The van der Waals surface area contributed by atoms with Crippen molar-refractivity contribution < 1.29 is 38.4 Å². The molecule has 256 valence electrons. The van der Waals surface area contributed by atoms with E-state index in [1.807, 2.05) is 56.3 Å². The SMILES string of the molecule is COc1ccc(C2=CC(=O)CCc3c2cc(OC)c(OC)c3OC)cc1NC(=O)C(CC(=O)C(O)C(N)Cc1ccccc1)CC(C)C. The molecule has 0 aliphatic heterocycles. The molecule has 0 saturated heterocycles. The lowest BCUT2D eigenvalue weighted by Crippen LogP contribution is -2.43. The van der Waals surface area contributed by atoms with Crippen LogP contribution in [0.3, 0.4) is 0 Å². The first-order valence-electron chi connectivity index (χ1n) is 16.1. The van der Waals surface area contributed by atoms with Crippen molar-refractivity contribution in [1.82, 2.24) is 0 Å². The van der Waals surface area contributed by atoms with Crippen molar-refractivity contribution in [1.29, 1.82) is 0 Å². The van der Waals surface area contributed by atoms with Gasteiger partial charge in [0.1, 0.15) is 11.9 Å². The number of hydrogen-bond acceptors (Lipinski definition) is 9. The number of amides is 1. The highest BCUT2D eigenvalue weighted by molar-refractivity contribution is 6.04. The Kier molecular flexibility index (Phi) is 12.4. The first-order valence-corrected chi connectivity index (χ1v) is 16.1. The van der Waals surface area contributed by atoms with E-state index in [0.717, 1.165) is 16.7 Å². The number of hydrogen-bond donors (Lipinski definition) is 3. The van der Waals surface area contributed by atoms with Crippen LogP contribution in [-0.4, -0.2) is 63.2 Å². The Morgan fingerprint density at radius 1 is 0.896 bits per heavy atom. The molecule has 0 saturated carbocycles. The highest BCUT2D eigenvalue weighted by Gasteiger charge is 2.31. The lowest BCUT2D eigenvalue weighted by molar-refractivity contribution is -0.132. The van der Waals surface area contributed by atoms with E-state index in [4.69, 9.17) is 24.7 Å². The first-order chi connectivity index (χ1) is 23.0. The van der Waals surface area contributed by atoms with Crippen LogP contribution in [0.15, 0.2) is 60.7 Å². The van der Waals surface area contributed by atoms with Gasteiger partial charge in [-0.15, -0.1) is 0 Å². The van der Waals surface area contributed by atoms with Gasteiger partial charge in [-0.3, -0.25) is 14.4 Å². The minimum atomic E-state index is -1.42. The number of Topliss-reactive ketones (excluding diaryl/α,β-unsaturated/α-hetero) is 1. The summed E-state index contributed by atoms with van der Waals surface area (Å²) < 4.78 is 22.5. The Hall–Kier alpha value is -4.67. The molecule has 0 heterocycles. The maximum absolute atomic E-state index is 13.8. The zero-order chi connectivity index (χ0) is 35.0. The number of ketones is 2. The largest absolute Gasteiger partial charge is 0.495 e. The summed E-state index contributed by atoms with van der Waals surface area (Å²) in [4.78, 5) is 40.0. The normalized spacial score (nSPS) is 14.6. The number of nitrogens with one attached hydrogen (secondary N) is 1. The van der Waals surface area contributed by atoms with Crippen LogP contribution in [0.5, 0.6) is 23.0 Å². The van der Waals surface area contributed by atoms with Crippen LogP contribution >= 0.6 is 0 Å². The van der Waals surface area contributed by atoms with E-state index in [9.17, 15) is 19.5 Å². The zero-order valence-electron chi connectivity index (χ0n) is 28.5. The van der Waals surface area contributed by atoms with E-state index >= 15 is 0 Å². The summed E-state index contributed by atoms with van der Waals surface area (Å²) in [7, 11) is 6.10. The fraction of sp³-hybridized carbons (Fsp3) is 0.395. The summed E-state index contributed by atoms with van der Waals surface area (Å²) in [6.45, 7) is 3.93. The summed E-state index contributed by atoms with van der Waals surface area (Å²) in [5.41, 5.74) is 10.3. The zero-order valence-corrected chi connectivity index (χ0v) is 28.5. The number of aliphatic hydroxyl groups is 1. The highest BCUT2D eigenvalue weighted by atomic mass is 16.5. The molecular weight excluding hydrogens is 612 g/mol. The predicted molar refractivity (Wildman–Crippen MR) is 185 cm³/mol. The molecule has 10 heteroatoms. The molecule has 4 rings (SSSR count). The smallest absolute Gasteiger partial charge is 0.228 e. The number of carbonyl (C=O) groups excluding carboxylic acids is 3. The van der Waals surface area contributed by atoms with Gasteiger partial charge >= 0.3 is 0 Å². The molecule has 3 unspecified atom stereocenters. The van der Waals surface area contributed by atoms with Crippen molar-refractivity contribution in [2.75, 3.05) is 33.8 Å². The minimum absolute atomic E-state index is 0.0675. The standard InChI is InChI=1S/C38H46N2O8/c1-22(2)16-25(19-32(42)35(43)30(39)17-23-10-8-7-9-11-23)38(44)40-31-18-24(12-15-33(31)45-3)28-20-26(41)13-14-27-29(28)21-34(46-4)37(48-6)36(27)47-5/h7-12,15,18,20-22,25,30,35,43H,13-14,16-17,19,39H2,1-6H3,(H,40,44). The second-order valence-electron chi connectivity index (χ2n) is 12.4. The molecule has 0 fully saturated rings. The maximum atomic E-state index is 13.8. The summed E-state index contributed by atoms with van der Waals surface area (Å²) in [6, 6.07) is 15.7. The van der Waals surface area contributed by atoms with Gasteiger partial charge in [0, 0.05) is 30.4 Å². The van der Waals surface area contributed by atoms with Crippen LogP contribution in [0.4, 0.5) is 5.69 Å². The molecule has 4 N–H and O–H groups in total.